The average molecular weight is 1090 g/mol. The standard InChI is InChI=1S/C46H41ClF10N8O4S2.CH4O/c1-25-21-44(50,51)40(35(25)39(58)46(55,56)57)59-22-34(66)61-33(19-26-17-27(48)20-28(49)18-26)37-30(10-9-29(60-37)13-14-43(2,3)70-4)31-11-12-32(47)36-38(31)64(23-45(52,53)54)62-41(36)65(71(5)68)42(67)69-24-63-15-7-6-8-16-63;1-2/h6-12,15-18,20,25,33H,19,21-24H2,1-5H3,(H2-,58,59,61,66);2H,1H3/p+1/t25-,33?,71?;/m0./s1. The fraction of sp³-hybridized carbons (Fsp3) is 0.362. The number of nitrogens with zero attached hydrogens (tertiary/aromatic N) is 6. The third kappa shape index (κ3) is 14.3. The fourth-order valence-corrected chi connectivity index (χ4v) is 8.59. The first-order valence-electron chi connectivity index (χ1n) is 21.4. The van der Waals surface area contributed by atoms with E-state index < -0.39 is 131 Å². The molecule has 0 aliphatic heterocycles. The number of aliphatic imine (C=N–C) groups is 1. The minimum Gasteiger partial charge on any atom is -0.400 e. The molecule has 1 saturated carbocycles. The van der Waals surface area contributed by atoms with Crippen LogP contribution in [-0.4, -0.2) is 91.0 Å². The smallest absolute Gasteiger partial charge is 0.400 e. The zero-order valence-electron chi connectivity index (χ0n) is 39.4. The normalized spacial score (nSPS) is 16.7. The third-order valence-corrected chi connectivity index (χ3v) is 13.0. The summed E-state index contributed by atoms with van der Waals surface area (Å²) in [5.41, 5.74) is -0.0422. The van der Waals surface area contributed by atoms with Crippen LogP contribution in [0.2, 0.25) is 5.02 Å². The zero-order chi connectivity index (χ0) is 54.4. The predicted molar refractivity (Wildman–Crippen MR) is 256 cm³/mol. The third-order valence-electron chi connectivity index (χ3n) is 10.8. The molecule has 0 saturated heterocycles. The molecule has 3 atom stereocenters. The molecule has 6 rings (SSSR count). The van der Waals surface area contributed by atoms with E-state index in [0.717, 1.165) is 32.4 Å². The lowest BCUT2D eigenvalue weighted by Crippen LogP contribution is -2.40. The Balaban J connectivity index is 0.00000488. The first kappa shape index (κ1) is 57.7. The van der Waals surface area contributed by atoms with Crippen molar-refractivity contribution in [3.63, 3.8) is 0 Å². The van der Waals surface area contributed by atoms with Crippen molar-refractivity contribution in [2.45, 2.75) is 76.0 Å². The minimum absolute atomic E-state index is 0.00550. The van der Waals surface area contributed by atoms with Gasteiger partial charge in [-0.3, -0.25) is 14.5 Å². The molecule has 3 heterocycles. The van der Waals surface area contributed by atoms with Gasteiger partial charge in [0, 0.05) is 54.7 Å². The van der Waals surface area contributed by atoms with Crippen molar-refractivity contribution < 1.29 is 72.1 Å². The van der Waals surface area contributed by atoms with Crippen LogP contribution in [0.5, 0.6) is 0 Å². The van der Waals surface area contributed by atoms with Gasteiger partial charge in [-0.25, -0.2) is 22.8 Å². The number of nitrogens with two attached hydrogens (primary N) is 1. The summed E-state index contributed by atoms with van der Waals surface area (Å²) in [5.74, 6) is -3.46. The quantitative estimate of drug-likeness (QED) is 0.0592. The number of thioether (sulfide) groups is 1. The number of rotatable bonds is 13. The van der Waals surface area contributed by atoms with Gasteiger partial charge in [0.05, 0.1) is 32.4 Å². The summed E-state index contributed by atoms with van der Waals surface area (Å²) in [5, 5.41) is 13.0. The molecule has 1 aliphatic rings. The maximum Gasteiger partial charge on any atom is 0.432 e. The van der Waals surface area contributed by atoms with Crippen LogP contribution in [0, 0.1) is 29.4 Å². The lowest BCUT2D eigenvalue weighted by molar-refractivity contribution is -0.727. The molecular formula is C47H46ClF10N8O5S2+. The number of fused-ring (bicyclic) bond motifs is 1. The first-order chi connectivity index (χ1) is 34.1. The number of hydrogen-bond donors (Lipinski definition) is 3. The van der Waals surface area contributed by atoms with Crippen LogP contribution < -0.4 is 19.9 Å². The van der Waals surface area contributed by atoms with Crippen LogP contribution in [0.15, 0.2) is 89.3 Å². The number of anilines is 1. The molecule has 73 heavy (non-hydrogen) atoms. The summed E-state index contributed by atoms with van der Waals surface area (Å²) in [6, 6.07) is 10.8. The second kappa shape index (κ2) is 23.3. The van der Waals surface area contributed by atoms with E-state index in [1.807, 2.05) is 0 Å². The molecule has 1 fully saturated rings. The Morgan fingerprint density at radius 1 is 1.07 bits per heavy atom. The van der Waals surface area contributed by atoms with Crippen LogP contribution in [0.4, 0.5) is 54.5 Å². The number of benzene rings is 2. The molecule has 3 aromatic heterocycles. The molecule has 0 radical (unpaired) electrons. The second-order valence-electron chi connectivity index (χ2n) is 16.6. The van der Waals surface area contributed by atoms with E-state index >= 15 is 8.78 Å². The Morgan fingerprint density at radius 3 is 2.29 bits per heavy atom. The van der Waals surface area contributed by atoms with Crippen molar-refractivity contribution in [1.29, 1.82) is 0 Å². The summed E-state index contributed by atoms with van der Waals surface area (Å²) < 4.78 is 165. The number of carbonyl (C=O) groups is 2. The SMILES string of the molecule is CO.CSC(C)(C)C#Cc1ccc(-c2ccc(Cl)c3c(N(C(=O)OC[n+]4ccccc4)S(C)=O)nn(CC(F)(F)F)c23)c(C(Cc2cc(F)cc(F)c2)NC(=O)CN=C2/C(=C(\N)C(F)(F)F)[C@@H](C)CC2(F)F)n1. The molecule has 2 aromatic carbocycles. The molecular weight excluding hydrogens is 1050 g/mol. The topological polar surface area (TPSA) is 169 Å². The predicted octanol–water partition coefficient (Wildman–Crippen LogP) is 9.17. The maximum atomic E-state index is 15.3. The van der Waals surface area contributed by atoms with E-state index in [4.69, 9.17) is 27.2 Å². The molecule has 5 aromatic rings. The van der Waals surface area contributed by atoms with Crippen LogP contribution in [0.3, 0.4) is 0 Å². The van der Waals surface area contributed by atoms with E-state index in [1.165, 1.54) is 53.0 Å². The van der Waals surface area contributed by atoms with Gasteiger partial charge < -0.3 is 20.9 Å². The molecule has 4 N–H and O–H groups in total. The number of nitrogens with one attached hydrogen (secondary N) is 1. The van der Waals surface area contributed by atoms with E-state index in [1.54, 1.807) is 38.3 Å². The summed E-state index contributed by atoms with van der Waals surface area (Å²) in [4.78, 5) is 35.9. The Kier molecular flexibility index (Phi) is 18.4. The van der Waals surface area contributed by atoms with Crippen molar-refractivity contribution in [2.24, 2.45) is 16.6 Å². The van der Waals surface area contributed by atoms with Crippen molar-refractivity contribution in [1.82, 2.24) is 20.1 Å². The van der Waals surface area contributed by atoms with E-state index in [0.29, 0.717) is 15.1 Å². The van der Waals surface area contributed by atoms with Crippen LogP contribution in [-0.2, 0) is 40.2 Å². The van der Waals surface area contributed by atoms with Gasteiger partial charge in [0.2, 0.25) is 5.91 Å². The van der Waals surface area contributed by atoms with Crippen molar-refractivity contribution in [3.8, 4) is 23.0 Å². The number of hydrogen-bond acceptors (Lipinski definition) is 10. The molecule has 2 unspecified atom stereocenters. The molecule has 0 bridgehead atoms. The second-order valence-corrected chi connectivity index (χ2v) is 19.6. The van der Waals surface area contributed by atoms with Gasteiger partial charge >= 0.3 is 18.4 Å². The van der Waals surface area contributed by atoms with Crippen LogP contribution in [0.25, 0.3) is 22.0 Å². The van der Waals surface area contributed by atoms with Gasteiger partial charge in [-0.15, -0.1) is 11.8 Å². The number of ether oxygens (including phenoxy) is 1. The number of aromatic nitrogens is 4. The Bertz CT molecular complexity index is 2990. The number of aliphatic hydroxyl groups is 1. The van der Waals surface area contributed by atoms with Crippen LogP contribution in [0.1, 0.15) is 50.2 Å². The van der Waals surface area contributed by atoms with Gasteiger partial charge in [-0.05, 0) is 74.3 Å². The van der Waals surface area contributed by atoms with Crippen molar-refractivity contribution >= 4 is 68.8 Å². The number of allylic oxidation sites excluding steroid dienone is 2. The largest absolute Gasteiger partial charge is 0.432 e. The van der Waals surface area contributed by atoms with Crippen molar-refractivity contribution in [2.75, 3.05) is 30.5 Å². The van der Waals surface area contributed by atoms with Gasteiger partial charge in [0.1, 0.15) is 52.8 Å². The molecule has 2 amide bonds. The lowest BCUT2D eigenvalue weighted by atomic mass is 9.93. The molecule has 0 spiro atoms. The number of amides is 2. The summed E-state index contributed by atoms with van der Waals surface area (Å²) in [7, 11) is -1.37. The van der Waals surface area contributed by atoms with Crippen LogP contribution >= 0.6 is 23.4 Å². The number of pyridine rings is 2. The molecule has 13 nitrogen and oxygen atoms in total. The van der Waals surface area contributed by atoms with Gasteiger partial charge in [-0.2, -0.15) is 49.1 Å². The highest BCUT2D eigenvalue weighted by Crippen LogP contribution is 2.45. The Labute approximate surface area is 423 Å². The average Bonchev–Trinajstić information content (AvgIpc) is 3.77. The monoisotopic (exact) mass is 1090 g/mol. The zero-order valence-corrected chi connectivity index (χ0v) is 41.8. The van der Waals surface area contributed by atoms with Crippen molar-refractivity contribution in [3.05, 3.63) is 118 Å². The van der Waals surface area contributed by atoms with E-state index in [2.05, 4.69) is 32.2 Å². The highest BCUT2D eigenvalue weighted by atomic mass is 35.5. The van der Waals surface area contributed by atoms with Gasteiger partial charge in [0.25, 0.3) is 12.7 Å². The molecule has 1 aliphatic carbocycles. The van der Waals surface area contributed by atoms with E-state index in [-0.39, 0.29) is 38.5 Å². The minimum atomic E-state index is -5.24. The Morgan fingerprint density at radius 2 is 1.70 bits per heavy atom. The first-order valence-corrected chi connectivity index (χ1v) is 24.5. The Hall–Kier alpha value is -6.23. The number of aliphatic hydroxyl groups excluding tert-OH is 1. The fourth-order valence-electron chi connectivity index (χ4n) is 7.56. The van der Waals surface area contributed by atoms with Gasteiger partial charge in [0.15, 0.2) is 18.2 Å². The van der Waals surface area contributed by atoms with Gasteiger partial charge in [-0.1, -0.05) is 36.6 Å². The highest BCUT2D eigenvalue weighted by Gasteiger charge is 2.52. The lowest BCUT2D eigenvalue weighted by Gasteiger charge is -2.23. The number of carbonyl (C=O) groups excluding carboxylic acids is 2. The number of halogens is 11. The van der Waals surface area contributed by atoms with E-state index in [9.17, 15) is 48.9 Å². The summed E-state index contributed by atoms with van der Waals surface area (Å²) >= 11 is 8.08. The maximum absolute atomic E-state index is 15.3. The summed E-state index contributed by atoms with van der Waals surface area (Å²) in [6.07, 6.45) is -7.33. The molecule has 26 heteroatoms. The number of alkyl halides is 8. The molecule has 392 valence electrons. The summed E-state index contributed by atoms with van der Waals surface area (Å²) in [6.45, 7) is 1.15. The highest BCUT2D eigenvalue weighted by molar-refractivity contribution is 8.00.